The fraction of sp³-hybridized carbons (Fsp3) is 0.319. The molecule has 27 heteroatoms. The molecular weight excluding hydrogens is 1750 g/mol. The zero-order valence-electron chi connectivity index (χ0n) is 70.3. The van der Waals surface area contributed by atoms with E-state index in [0.717, 1.165) is 77.2 Å². The molecule has 621 valence electrons. The Balaban J connectivity index is 0.000000344. The Morgan fingerprint density at radius 1 is 0.508 bits per heavy atom. The molecule has 0 bridgehead atoms. The zero-order valence-corrected chi connectivity index (χ0v) is 73.2. The Hall–Kier alpha value is -11.0. The number of nitrogens with zero attached hydrogens (tertiary/aromatic N) is 4. The summed E-state index contributed by atoms with van der Waals surface area (Å²) in [6, 6.07) is 61.7. The summed E-state index contributed by atoms with van der Waals surface area (Å²) in [7, 11) is 3.16. The molecule has 0 saturated heterocycles. The standard InChI is InChI=1S/C46H51N3O8.C25H33N3O6.C20H17ClO3.BH2.H3N.U/c1-31-23-24-47-42(26-31)49(45(54)57-46(2,3)4)25-11-16-43(52)48-39(30-56-29-32-12-7-6-8-13-32)41(51)27-35(28-44(53)55-5)33-17-19-34(20-18-33)36-21-22-40(50)38-15-10-9-14-37(36)38;1-18-12-13-26-21(15-18)28(24(32)34-25(2,3)4)14-8-11-22(29)27-20(23(30)31)17-33-16-19-9-6-5-7-10-19;1-24-20(23)12-18(21)14-8-6-13(7-9-14)15-10-11-19(22)17-5-3-2-4-16(15)17;;;/h6-10,12-15,17-24,26,35,39,50H,11,16,25,27-30H2,1-5H3,(H,48,52);5-7,9-10,12-13,15,20H,8,11,14,16-17H2,1-4H3,(H,27,29)(H,30,31);2-11,18,22H,12H2,1H3;1H2;1H3;/t35-,39-;20-;18-;;;/m000.../s1/i;;;1T2;;. The molecule has 2 aromatic heterocycles. The Bertz CT molecular complexity index is 4960. The number of fused-ring (bicyclic) bond motifs is 2. The molecule has 0 saturated carbocycles. The smallest absolute Gasteiger partial charge is 0.416 e. The van der Waals surface area contributed by atoms with Crippen LogP contribution in [0.2, 0.25) is 0 Å². The molecule has 1 radical (unpaired) electrons. The van der Waals surface area contributed by atoms with Crippen molar-refractivity contribution in [1.29, 1.82) is 2.67 Å². The molecule has 0 aliphatic carbocycles. The van der Waals surface area contributed by atoms with Crippen LogP contribution in [0.1, 0.15) is 131 Å². The minimum Gasteiger partial charge on any atom is -0.507 e. The fourth-order valence-corrected chi connectivity index (χ4v) is 12.5. The molecule has 8 N–H and O–H groups in total. The van der Waals surface area contributed by atoms with Crippen molar-refractivity contribution < 1.29 is 113 Å². The van der Waals surface area contributed by atoms with Crippen LogP contribution in [-0.4, -0.2) is 148 Å². The van der Waals surface area contributed by atoms with Crippen LogP contribution < -0.4 is 26.6 Å². The number of carboxylic acids is 1. The topological polar surface area (TPSA) is 344 Å². The van der Waals surface area contributed by atoms with Crippen LogP contribution in [0.15, 0.2) is 219 Å². The molecule has 4 atom stereocenters. The van der Waals surface area contributed by atoms with E-state index in [1.54, 1.807) is 78.2 Å². The van der Waals surface area contributed by atoms with Gasteiger partial charge in [-0.1, -0.05) is 170 Å². The van der Waals surface area contributed by atoms with Gasteiger partial charge in [-0.3, -0.25) is 33.8 Å². The van der Waals surface area contributed by atoms with Gasteiger partial charge in [0.05, 0.1) is 67.2 Å². The van der Waals surface area contributed by atoms with Gasteiger partial charge in [-0.2, -0.15) is 0 Å². The van der Waals surface area contributed by atoms with Gasteiger partial charge in [0.2, 0.25) is 11.8 Å². The van der Waals surface area contributed by atoms with Crippen LogP contribution in [-0.2, 0) is 70.4 Å². The number of methoxy groups -OCH3 is 2. The number of nitrogens with one attached hydrogen (secondary N) is 2. The Morgan fingerprint density at radius 3 is 1.29 bits per heavy atom. The third-order valence-electron chi connectivity index (χ3n) is 18.0. The Labute approximate surface area is 722 Å². The maximum atomic E-state index is 14.1. The number of anilines is 2. The molecular formula is C91H106BClN7O17U. The summed E-state index contributed by atoms with van der Waals surface area (Å²) in [5.74, 6) is -2.38. The molecule has 8 aromatic carbocycles. The number of carbonyl (C=O) groups is 8. The number of carbonyl (C=O) groups excluding carboxylic acids is 7. The van der Waals surface area contributed by atoms with Crippen molar-refractivity contribution in [3.63, 3.8) is 0 Å². The van der Waals surface area contributed by atoms with Gasteiger partial charge < -0.3 is 60.5 Å². The second-order valence-corrected chi connectivity index (χ2v) is 30.0. The van der Waals surface area contributed by atoms with Crippen LogP contribution in [0, 0.1) is 45.0 Å². The minimum atomic E-state index is -1.18. The molecule has 10 rings (SSSR count). The Morgan fingerprint density at radius 2 is 0.890 bits per heavy atom. The van der Waals surface area contributed by atoms with Crippen LogP contribution in [0.5, 0.6) is 11.5 Å². The molecule has 24 nitrogen and oxygen atoms in total. The molecule has 0 unspecified atom stereocenters. The second-order valence-electron chi connectivity index (χ2n) is 29.4. The van der Waals surface area contributed by atoms with Crippen molar-refractivity contribution in [3.05, 3.63) is 252 Å². The fourth-order valence-electron chi connectivity index (χ4n) is 12.2. The summed E-state index contributed by atoms with van der Waals surface area (Å²) in [5, 5.41) is 38.2. The monoisotopic (exact) mass is 1860 g/mol. The number of phenolic OH excluding ortho intramolecular Hbond substituents is 2. The van der Waals surface area contributed by atoms with E-state index in [-0.39, 0.29) is 145 Å². The van der Waals surface area contributed by atoms with Crippen LogP contribution in [0.25, 0.3) is 43.8 Å². The van der Waals surface area contributed by atoms with Crippen LogP contribution in [0.3, 0.4) is 0 Å². The minimum absolute atomic E-state index is 0. The van der Waals surface area contributed by atoms with Crippen LogP contribution >= 0.6 is 11.6 Å². The number of aromatic nitrogens is 2. The summed E-state index contributed by atoms with van der Waals surface area (Å²) in [4.78, 5) is 113. The first-order valence-electron chi connectivity index (χ1n) is 39.0. The van der Waals surface area contributed by atoms with Crippen molar-refractivity contribution in [2.75, 3.05) is 50.3 Å². The number of halogens is 1. The van der Waals surface area contributed by atoms with Gasteiger partial charge >= 0.3 is 30.1 Å². The van der Waals surface area contributed by atoms with Gasteiger partial charge in [0.15, 0.2) is 11.8 Å². The first kappa shape index (κ1) is 94.2. The molecule has 0 aliphatic rings. The number of hydrogen-bond acceptors (Lipinski definition) is 19. The summed E-state index contributed by atoms with van der Waals surface area (Å²) < 4.78 is 43.7. The number of esters is 2. The summed E-state index contributed by atoms with van der Waals surface area (Å²) in [6.45, 7) is 15.0. The third-order valence-corrected chi connectivity index (χ3v) is 18.5. The number of benzene rings is 8. The van der Waals surface area contributed by atoms with Gasteiger partial charge in [-0.25, -0.2) is 24.4 Å². The number of aromatic hydroxyl groups is 2. The van der Waals surface area contributed by atoms with Crippen LogP contribution in [0.4, 0.5) is 21.2 Å². The number of carboxylic acid groups (broad SMARTS) is 1. The molecule has 118 heavy (non-hydrogen) atoms. The third kappa shape index (κ3) is 31.1. The number of Topliss-reactive ketones (excluding diaryl/α,β-unsaturated/α-hetero) is 1. The van der Waals surface area contributed by atoms with Crippen molar-refractivity contribution >= 4 is 101 Å². The van der Waals surface area contributed by atoms with E-state index in [0.29, 0.717) is 20.0 Å². The van der Waals surface area contributed by atoms with E-state index >= 15 is 0 Å². The summed E-state index contributed by atoms with van der Waals surface area (Å²) in [5.41, 5.74) is 7.75. The summed E-state index contributed by atoms with van der Waals surface area (Å²) >= 11 is 6.26. The molecule has 2 heterocycles. The average Bonchev–Trinajstić information content (AvgIpc) is 0.798. The number of ketones is 1. The predicted molar refractivity (Wildman–Crippen MR) is 457 cm³/mol. The SMILES string of the molecule is COC(=O)C[C@H](CC(=O)[C@H](COCc1ccccc1)NC(=O)CCCN(C(=O)OC(C)(C)C)c1cc(C)ccn1)c1ccc(-c2ccc(O)c3ccccc23)cc1.COC(=O)C[C@H](Cl)c1ccc(-c2ccc(O)c3ccccc23)cc1.Cc1ccnc(N(CCCC(=O)N[C@@H](COCc2ccccc2)C(=O)O)C(=O)OC(C)(C)C)c1.N.[3H][B][3H].[U]. The normalized spacial score (nSPS) is 12.0. The number of alkyl halides is 1. The quantitative estimate of drug-likeness (QED) is 0.00987. The summed E-state index contributed by atoms with van der Waals surface area (Å²) in [6.07, 6.45) is 2.66. The van der Waals surface area contributed by atoms with Gasteiger partial charge in [0.25, 0.3) is 0 Å². The van der Waals surface area contributed by atoms with E-state index < -0.39 is 70.5 Å². The number of aryl methyl sites for hydroxylation is 2. The number of aliphatic carboxylic acids is 1. The first-order valence-corrected chi connectivity index (χ1v) is 38.2. The number of phenols is 2. The Kier molecular flexibility index (Phi) is 38.3. The average molecular weight is 1860 g/mol. The molecule has 0 aliphatic heterocycles. The van der Waals surface area contributed by atoms with Crippen molar-refractivity contribution in [2.45, 2.75) is 148 Å². The largest absolute Gasteiger partial charge is 0.507 e. The molecule has 4 amide bonds. The van der Waals surface area contributed by atoms with Gasteiger partial charge in [0.1, 0.15) is 40.4 Å². The first-order chi connectivity index (χ1) is 56.4. The van der Waals surface area contributed by atoms with E-state index in [2.05, 4.69) is 25.3 Å². The van der Waals surface area contributed by atoms with E-state index in [9.17, 15) is 53.7 Å². The van der Waals surface area contributed by atoms with Crippen molar-refractivity contribution in [2.24, 2.45) is 0 Å². The van der Waals surface area contributed by atoms with Gasteiger partial charge in [-0.05, 0) is 174 Å². The van der Waals surface area contributed by atoms with Crippen molar-refractivity contribution in [1.82, 2.24) is 26.8 Å². The van der Waals surface area contributed by atoms with E-state index in [4.69, 9.17) is 38.0 Å². The maximum Gasteiger partial charge on any atom is 0.416 e. The molecule has 0 spiro atoms. The number of pyridine rings is 2. The number of hydrogen-bond donors (Lipinski definition) is 6. The number of ether oxygens (including phenoxy) is 6. The maximum absolute atomic E-state index is 14.1. The predicted octanol–water partition coefficient (Wildman–Crippen LogP) is 16.4. The molecule has 0 fully saturated rings. The number of amides is 4. The van der Waals surface area contributed by atoms with E-state index in [1.807, 2.05) is 196 Å². The van der Waals surface area contributed by atoms with Gasteiger partial charge in [0, 0.05) is 92.5 Å². The van der Waals surface area contributed by atoms with Crippen molar-refractivity contribution in [3.8, 4) is 33.8 Å². The molecule has 10 aromatic rings. The van der Waals surface area contributed by atoms with Gasteiger partial charge in [-0.15, -0.1) is 11.6 Å². The number of rotatable bonds is 32. The second kappa shape index (κ2) is 48.0. The van der Waals surface area contributed by atoms with E-state index in [1.165, 1.54) is 24.0 Å². The zero-order chi connectivity index (χ0) is 85.9.